The van der Waals surface area contributed by atoms with Gasteiger partial charge in [0.05, 0.1) is 16.5 Å². The second-order valence-electron chi connectivity index (χ2n) is 3.74. The van der Waals surface area contributed by atoms with Crippen LogP contribution in [0.1, 0.15) is 12.5 Å². The third-order valence-corrected chi connectivity index (χ3v) is 3.89. The zero-order valence-electron chi connectivity index (χ0n) is 9.19. The average molecular weight is 291 g/mol. The standard InChI is InChI=1S/C11H8F3NOS2/c1-6-9(16)15(10(17)18-6)8-4-2-7(3-5-8)11(12,13)14/h2-6H,1H3. The number of carbonyl (C=O) groups excluding carboxylic acids is 1. The Balaban J connectivity index is 2.31. The molecule has 0 saturated carbocycles. The molecule has 1 aliphatic heterocycles. The highest BCUT2D eigenvalue weighted by atomic mass is 32.2. The van der Waals surface area contributed by atoms with Gasteiger partial charge < -0.3 is 0 Å². The Hall–Kier alpha value is -1.08. The van der Waals surface area contributed by atoms with Gasteiger partial charge in [0.2, 0.25) is 5.91 Å². The predicted molar refractivity (Wildman–Crippen MR) is 68.6 cm³/mol. The molecule has 1 aromatic carbocycles. The quantitative estimate of drug-likeness (QED) is 0.739. The Kier molecular flexibility index (Phi) is 3.37. The summed E-state index contributed by atoms with van der Waals surface area (Å²) in [5.41, 5.74) is -0.376. The molecule has 7 heteroatoms. The van der Waals surface area contributed by atoms with E-state index in [2.05, 4.69) is 0 Å². The molecule has 1 atom stereocenters. The molecule has 0 aliphatic carbocycles. The number of nitrogens with zero attached hydrogens (tertiary/aromatic N) is 1. The molecule has 1 unspecified atom stereocenters. The number of rotatable bonds is 1. The van der Waals surface area contributed by atoms with Gasteiger partial charge in [0.25, 0.3) is 0 Å². The van der Waals surface area contributed by atoms with Crippen LogP contribution >= 0.6 is 24.0 Å². The first-order chi connectivity index (χ1) is 8.30. The number of hydrogen-bond acceptors (Lipinski definition) is 3. The van der Waals surface area contributed by atoms with Crippen molar-refractivity contribution in [1.29, 1.82) is 0 Å². The normalized spacial score (nSPS) is 20.7. The van der Waals surface area contributed by atoms with E-state index in [0.717, 1.165) is 12.1 Å². The first-order valence-corrected chi connectivity index (χ1v) is 6.31. The lowest BCUT2D eigenvalue weighted by Gasteiger charge is -2.16. The van der Waals surface area contributed by atoms with E-state index in [4.69, 9.17) is 12.2 Å². The van der Waals surface area contributed by atoms with Gasteiger partial charge in [0.15, 0.2) is 0 Å². The summed E-state index contributed by atoms with van der Waals surface area (Å²) in [7, 11) is 0. The molecule has 0 aromatic heterocycles. The minimum Gasteiger partial charge on any atom is -0.273 e. The maximum Gasteiger partial charge on any atom is 0.416 e. The number of alkyl halides is 3. The van der Waals surface area contributed by atoms with Gasteiger partial charge in [-0.25, -0.2) is 0 Å². The van der Waals surface area contributed by atoms with Crippen molar-refractivity contribution in [3.8, 4) is 0 Å². The molecule has 1 aliphatic rings. The summed E-state index contributed by atoms with van der Waals surface area (Å²) in [6.45, 7) is 1.71. The summed E-state index contributed by atoms with van der Waals surface area (Å²) in [5.74, 6) is -0.204. The fraction of sp³-hybridized carbons (Fsp3) is 0.273. The molecule has 1 amide bonds. The summed E-state index contributed by atoms with van der Waals surface area (Å²) >= 11 is 6.26. The van der Waals surface area contributed by atoms with Crippen molar-refractivity contribution in [3.05, 3.63) is 29.8 Å². The molecule has 96 valence electrons. The Morgan fingerprint density at radius 1 is 1.28 bits per heavy atom. The van der Waals surface area contributed by atoms with Crippen LogP contribution in [0.4, 0.5) is 18.9 Å². The van der Waals surface area contributed by atoms with Gasteiger partial charge in [-0.05, 0) is 31.2 Å². The van der Waals surface area contributed by atoms with Crippen LogP contribution in [0, 0.1) is 0 Å². The summed E-state index contributed by atoms with van der Waals surface area (Å²) in [6, 6.07) is 4.40. The number of amides is 1. The lowest BCUT2D eigenvalue weighted by molar-refractivity contribution is -0.137. The van der Waals surface area contributed by atoms with Gasteiger partial charge >= 0.3 is 6.18 Å². The Morgan fingerprint density at radius 3 is 2.22 bits per heavy atom. The number of hydrogen-bond donors (Lipinski definition) is 0. The minimum absolute atomic E-state index is 0.204. The number of thiocarbonyl (C=S) groups is 1. The second kappa shape index (κ2) is 4.55. The van der Waals surface area contributed by atoms with Crippen molar-refractivity contribution in [2.45, 2.75) is 18.3 Å². The highest BCUT2D eigenvalue weighted by molar-refractivity contribution is 8.25. The van der Waals surface area contributed by atoms with E-state index in [1.807, 2.05) is 0 Å². The van der Waals surface area contributed by atoms with E-state index in [1.165, 1.54) is 28.8 Å². The molecular weight excluding hydrogens is 283 g/mol. The Bertz CT molecular complexity index is 498. The van der Waals surface area contributed by atoms with Crippen molar-refractivity contribution in [2.75, 3.05) is 4.90 Å². The van der Waals surface area contributed by atoms with Gasteiger partial charge in [-0.2, -0.15) is 13.2 Å². The van der Waals surface area contributed by atoms with Crippen molar-refractivity contribution in [2.24, 2.45) is 0 Å². The topological polar surface area (TPSA) is 20.3 Å². The molecular formula is C11H8F3NOS2. The van der Waals surface area contributed by atoms with Crippen LogP contribution < -0.4 is 4.90 Å². The molecule has 1 aromatic rings. The number of halogens is 3. The molecule has 0 radical (unpaired) electrons. The smallest absolute Gasteiger partial charge is 0.273 e. The Labute approximate surface area is 111 Å². The number of thioether (sulfide) groups is 1. The van der Waals surface area contributed by atoms with Crippen molar-refractivity contribution >= 4 is 39.9 Å². The third kappa shape index (κ3) is 2.37. The molecule has 1 fully saturated rings. The number of benzene rings is 1. The largest absolute Gasteiger partial charge is 0.416 e. The van der Waals surface area contributed by atoms with Crippen LogP contribution in [0.15, 0.2) is 24.3 Å². The fourth-order valence-electron chi connectivity index (χ4n) is 1.56. The summed E-state index contributed by atoms with van der Waals surface area (Å²) in [6.07, 6.45) is -4.38. The molecule has 0 bridgehead atoms. The lowest BCUT2D eigenvalue weighted by Crippen LogP contribution is -2.30. The molecule has 2 rings (SSSR count). The minimum atomic E-state index is -4.38. The van der Waals surface area contributed by atoms with Crippen molar-refractivity contribution in [1.82, 2.24) is 0 Å². The highest BCUT2D eigenvalue weighted by Crippen LogP contribution is 2.34. The molecule has 2 nitrogen and oxygen atoms in total. The first-order valence-electron chi connectivity index (χ1n) is 5.02. The number of carbonyl (C=O) groups is 1. The van der Waals surface area contributed by atoms with E-state index in [0.29, 0.717) is 10.0 Å². The molecule has 1 heterocycles. The van der Waals surface area contributed by atoms with Gasteiger partial charge in [-0.15, -0.1) is 0 Å². The predicted octanol–water partition coefficient (Wildman–Crippen LogP) is 3.46. The molecule has 18 heavy (non-hydrogen) atoms. The zero-order valence-corrected chi connectivity index (χ0v) is 10.8. The highest BCUT2D eigenvalue weighted by Gasteiger charge is 2.35. The third-order valence-electron chi connectivity index (χ3n) is 2.48. The van der Waals surface area contributed by atoms with Gasteiger partial charge in [0.1, 0.15) is 4.32 Å². The summed E-state index contributed by atoms with van der Waals surface area (Å²) in [4.78, 5) is 13.1. The van der Waals surface area contributed by atoms with E-state index in [9.17, 15) is 18.0 Å². The van der Waals surface area contributed by atoms with E-state index in [1.54, 1.807) is 6.92 Å². The van der Waals surface area contributed by atoms with E-state index >= 15 is 0 Å². The number of anilines is 1. The average Bonchev–Trinajstić information content (AvgIpc) is 2.52. The molecule has 0 spiro atoms. The van der Waals surface area contributed by atoms with E-state index < -0.39 is 11.7 Å². The van der Waals surface area contributed by atoms with Gasteiger partial charge in [-0.1, -0.05) is 24.0 Å². The SMILES string of the molecule is CC1SC(=S)N(c2ccc(C(F)(F)F)cc2)C1=O. The summed E-state index contributed by atoms with van der Waals surface area (Å²) < 4.78 is 37.6. The first kappa shape index (κ1) is 13.4. The lowest BCUT2D eigenvalue weighted by atomic mass is 10.2. The maximum atomic E-state index is 12.4. The van der Waals surface area contributed by atoms with Crippen LogP contribution in [-0.4, -0.2) is 15.5 Å². The second-order valence-corrected chi connectivity index (χ2v) is 5.72. The van der Waals surface area contributed by atoms with Gasteiger partial charge in [-0.3, -0.25) is 9.69 Å². The van der Waals surface area contributed by atoms with Crippen LogP contribution in [-0.2, 0) is 11.0 Å². The molecule has 1 saturated heterocycles. The maximum absolute atomic E-state index is 12.4. The van der Waals surface area contributed by atoms with Crippen LogP contribution in [0.25, 0.3) is 0 Å². The summed E-state index contributed by atoms with van der Waals surface area (Å²) in [5, 5.41) is -0.292. The Morgan fingerprint density at radius 2 is 1.83 bits per heavy atom. The zero-order chi connectivity index (χ0) is 13.5. The van der Waals surface area contributed by atoms with Crippen molar-refractivity contribution < 1.29 is 18.0 Å². The van der Waals surface area contributed by atoms with Crippen LogP contribution in [0.3, 0.4) is 0 Å². The van der Waals surface area contributed by atoms with Gasteiger partial charge in [0, 0.05) is 0 Å². The van der Waals surface area contributed by atoms with Crippen LogP contribution in [0.5, 0.6) is 0 Å². The van der Waals surface area contributed by atoms with Crippen LogP contribution in [0.2, 0.25) is 0 Å². The molecule has 0 N–H and O–H groups in total. The monoisotopic (exact) mass is 291 g/mol. The fourth-order valence-corrected chi connectivity index (χ4v) is 3.00. The van der Waals surface area contributed by atoms with Crippen molar-refractivity contribution in [3.63, 3.8) is 0 Å². The van der Waals surface area contributed by atoms with E-state index in [-0.39, 0.29) is 11.2 Å².